The first-order valence-corrected chi connectivity index (χ1v) is 19.2. The molecule has 0 spiro atoms. The number of anilines is 1. The van der Waals surface area contributed by atoms with Gasteiger partial charge in [0.15, 0.2) is 11.5 Å². The van der Waals surface area contributed by atoms with Gasteiger partial charge in [-0.25, -0.2) is 13.2 Å². The molecule has 3 amide bonds. The molecule has 2 aromatic rings. The molecule has 2 saturated heterocycles. The van der Waals surface area contributed by atoms with E-state index in [1.807, 2.05) is 38.7 Å². The van der Waals surface area contributed by atoms with Gasteiger partial charge in [0.25, 0.3) is 11.8 Å². The largest absolute Gasteiger partial charge is 0.493 e. The van der Waals surface area contributed by atoms with Crippen molar-refractivity contribution >= 4 is 33.4 Å². The Morgan fingerprint density at radius 2 is 1.67 bits per heavy atom. The van der Waals surface area contributed by atoms with E-state index in [4.69, 9.17) is 14.2 Å². The molecule has 0 radical (unpaired) electrons. The molecule has 0 saturated carbocycles. The highest BCUT2D eigenvalue weighted by molar-refractivity contribution is 7.90. The molecule has 2 aromatic carbocycles. The number of methoxy groups -OCH3 is 1. The van der Waals surface area contributed by atoms with Gasteiger partial charge in [-0.15, -0.1) is 0 Å². The fourth-order valence-electron chi connectivity index (χ4n) is 6.95. The van der Waals surface area contributed by atoms with Crippen molar-refractivity contribution < 1.29 is 37.0 Å². The lowest BCUT2D eigenvalue weighted by Gasteiger charge is -2.38. The molecule has 0 aliphatic carbocycles. The second-order valence-corrected chi connectivity index (χ2v) is 16.5. The number of hydrogen-bond acceptors (Lipinski definition) is 10. The standard InChI is InChI=1S/C36H50N4O8S/c1-7-47-31-21-25(11-12-30(31)46-5)29(23-49(6,44)45)40-33(41)27-9-8-10-28(32(27)34(40)42)37-26-15-17-38(18-16-26)22-24-13-19-39(20-14-24)35(43)48-36(2,3)4/h8-12,21,24,26,29,37H,7,13-20,22-23H2,1-6H3/t29-/m1/s1. The van der Waals surface area contributed by atoms with Gasteiger partial charge in [0.1, 0.15) is 15.4 Å². The van der Waals surface area contributed by atoms with Crippen LogP contribution in [-0.4, -0.2) is 111 Å². The highest BCUT2D eigenvalue weighted by Gasteiger charge is 2.43. The highest BCUT2D eigenvalue weighted by atomic mass is 32.2. The zero-order chi connectivity index (χ0) is 35.5. The molecule has 49 heavy (non-hydrogen) atoms. The van der Waals surface area contributed by atoms with Crippen LogP contribution in [0.15, 0.2) is 36.4 Å². The maximum absolute atomic E-state index is 14.1. The average molecular weight is 699 g/mol. The van der Waals surface area contributed by atoms with Crippen LogP contribution >= 0.6 is 0 Å². The highest BCUT2D eigenvalue weighted by Crippen LogP contribution is 2.39. The Hall–Kier alpha value is -3.84. The molecule has 0 bridgehead atoms. The number of imide groups is 1. The van der Waals surface area contributed by atoms with Gasteiger partial charge in [-0.05, 0) is 89.1 Å². The van der Waals surface area contributed by atoms with Crippen molar-refractivity contribution in [3.05, 3.63) is 53.1 Å². The van der Waals surface area contributed by atoms with Gasteiger partial charge in [0.05, 0.1) is 36.6 Å². The van der Waals surface area contributed by atoms with E-state index in [-0.39, 0.29) is 23.3 Å². The molecule has 3 heterocycles. The minimum absolute atomic E-state index is 0.107. The number of benzene rings is 2. The number of amides is 3. The van der Waals surface area contributed by atoms with Crippen molar-refractivity contribution in [1.82, 2.24) is 14.7 Å². The Bertz CT molecular complexity index is 1640. The minimum atomic E-state index is -3.61. The molecule has 268 valence electrons. The summed E-state index contributed by atoms with van der Waals surface area (Å²) in [4.78, 5) is 45.7. The van der Waals surface area contributed by atoms with Crippen LogP contribution in [0.4, 0.5) is 10.5 Å². The first-order chi connectivity index (χ1) is 23.2. The Morgan fingerprint density at radius 1 is 0.980 bits per heavy atom. The lowest BCUT2D eigenvalue weighted by atomic mass is 9.94. The van der Waals surface area contributed by atoms with Crippen molar-refractivity contribution in [3.63, 3.8) is 0 Å². The van der Waals surface area contributed by atoms with E-state index < -0.39 is 39.0 Å². The van der Waals surface area contributed by atoms with Crippen LogP contribution in [-0.2, 0) is 14.6 Å². The van der Waals surface area contributed by atoms with E-state index in [9.17, 15) is 22.8 Å². The third-order valence-corrected chi connectivity index (χ3v) is 10.2. The number of ether oxygens (including phenoxy) is 3. The van der Waals surface area contributed by atoms with Crippen molar-refractivity contribution in [1.29, 1.82) is 0 Å². The summed E-state index contributed by atoms with van der Waals surface area (Å²) >= 11 is 0. The summed E-state index contributed by atoms with van der Waals surface area (Å²) in [5.74, 6) is -0.105. The Morgan fingerprint density at radius 3 is 2.29 bits per heavy atom. The van der Waals surface area contributed by atoms with Crippen LogP contribution in [0.25, 0.3) is 0 Å². The number of carbonyl (C=O) groups is 3. The molecule has 1 N–H and O–H groups in total. The third kappa shape index (κ3) is 8.85. The van der Waals surface area contributed by atoms with E-state index in [0.717, 1.165) is 56.5 Å². The summed E-state index contributed by atoms with van der Waals surface area (Å²) in [7, 11) is -2.10. The van der Waals surface area contributed by atoms with Gasteiger partial charge in [-0.3, -0.25) is 14.5 Å². The van der Waals surface area contributed by atoms with E-state index in [0.29, 0.717) is 48.4 Å². The van der Waals surface area contributed by atoms with Crippen molar-refractivity contribution in [2.45, 2.75) is 71.1 Å². The van der Waals surface area contributed by atoms with Gasteiger partial charge in [-0.2, -0.15) is 0 Å². The fraction of sp³-hybridized carbons (Fsp3) is 0.583. The molecule has 12 nitrogen and oxygen atoms in total. The first-order valence-electron chi connectivity index (χ1n) is 17.1. The van der Waals surface area contributed by atoms with Crippen LogP contribution < -0.4 is 14.8 Å². The summed E-state index contributed by atoms with van der Waals surface area (Å²) in [5, 5.41) is 3.54. The van der Waals surface area contributed by atoms with Crippen molar-refractivity contribution in [2.75, 3.05) is 63.8 Å². The maximum Gasteiger partial charge on any atom is 0.410 e. The zero-order valence-electron chi connectivity index (χ0n) is 29.5. The van der Waals surface area contributed by atoms with Crippen LogP contribution in [0, 0.1) is 5.92 Å². The minimum Gasteiger partial charge on any atom is -0.493 e. The fourth-order valence-corrected chi connectivity index (χ4v) is 7.87. The molecule has 1 atom stereocenters. The number of nitrogens with zero attached hydrogens (tertiary/aromatic N) is 3. The average Bonchev–Trinajstić information content (AvgIpc) is 3.29. The second kappa shape index (κ2) is 15.0. The number of piperidine rings is 2. The summed E-state index contributed by atoms with van der Waals surface area (Å²) in [6.07, 6.45) is 4.49. The Labute approximate surface area is 290 Å². The first kappa shape index (κ1) is 36.4. The summed E-state index contributed by atoms with van der Waals surface area (Å²) < 4.78 is 41.9. The topological polar surface area (TPSA) is 135 Å². The lowest BCUT2D eigenvalue weighted by Crippen LogP contribution is -2.45. The van der Waals surface area contributed by atoms with Gasteiger partial charge in [0, 0.05) is 50.7 Å². The number of hydrogen-bond donors (Lipinski definition) is 1. The maximum atomic E-state index is 14.1. The van der Waals surface area contributed by atoms with Gasteiger partial charge < -0.3 is 29.3 Å². The molecule has 0 aromatic heterocycles. The summed E-state index contributed by atoms with van der Waals surface area (Å²) in [6.45, 7) is 12.0. The normalized spacial score (nSPS) is 18.7. The molecular formula is C36H50N4O8S. The SMILES string of the molecule is CCOc1cc([C@@H](CS(C)(=O)=O)N2C(=O)c3cccc(NC4CCN(CC5CCN(C(=O)OC(C)(C)C)CC5)CC4)c3C2=O)ccc1OC. The molecule has 13 heteroatoms. The van der Waals surface area contributed by atoms with Crippen molar-refractivity contribution in [3.8, 4) is 11.5 Å². The number of nitrogens with one attached hydrogen (secondary N) is 1. The van der Waals surface area contributed by atoms with E-state index in [1.165, 1.54) is 7.11 Å². The quantitative estimate of drug-likeness (QED) is 0.320. The summed E-state index contributed by atoms with van der Waals surface area (Å²) in [5.41, 5.74) is 1.06. The third-order valence-electron chi connectivity index (χ3n) is 9.32. The van der Waals surface area contributed by atoms with E-state index >= 15 is 0 Å². The van der Waals surface area contributed by atoms with Crippen LogP contribution in [0.2, 0.25) is 0 Å². The molecule has 3 aliphatic rings. The van der Waals surface area contributed by atoms with Crippen molar-refractivity contribution in [2.24, 2.45) is 5.92 Å². The predicted molar refractivity (Wildman–Crippen MR) is 187 cm³/mol. The number of rotatable bonds is 11. The van der Waals surface area contributed by atoms with Crippen LogP contribution in [0.1, 0.15) is 85.7 Å². The second-order valence-electron chi connectivity index (χ2n) is 14.3. The molecule has 0 unspecified atom stereocenters. The van der Waals surface area contributed by atoms with E-state index in [2.05, 4.69) is 10.2 Å². The molecule has 2 fully saturated rings. The van der Waals surface area contributed by atoms with Gasteiger partial charge in [-0.1, -0.05) is 12.1 Å². The van der Waals surface area contributed by atoms with Gasteiger partial charge >= 0.3 is 6.09 Å². The van der Waals surface area contributed by atoms with Crippen LogP contribution in [0.3, 0.4) is 0 Å². The zero-order valence-corrected chi connectivity index (χ0v) is 30.3. The summed E-state index contributed by atoms with van der Waals surface area (Å²) in [6, 6.07) is 9.19. The molecule has 5 rings (SSSR count). The Balaban J connectivity index is 1.24. The lowest BCUT2D eigenvalue weighted by molar-refractivity contribution is 0.0166. The number of sulfone groups is 1. The molecule has 3 aliphatic heterocycles. The van der Waals surface area contributed by atoms with E-state index in [1.54, 1.807) is 30.3 Å². The number of likely N-dealkylation sites (tertiary alicyclic amines) is 2. The monoisotopic (exact) mass is 698 g/mol. The van der Waals surface area contributed by atoms with Crippen LogP contribution in [0.5, 0.6) is 11.5 Å². The molecular weight excluding hydrogens is 648 g/mol. The Kier molecular flexibility index (Phi) is 11.1. The predicted octanol–water partition coefficient (Wildman–Crippen LogP) is 5.00. The number of fused-ring (bicyclic) bond motifs is 1. The smallest absolute Gasteiger partial charge is 0.410 e. The van der Waals surface area contributed by atoms with Gasteiger partial charge in [0.2, 0.25) is 0 Å². The number of carbonyl (C=O) groups excluding carboxylic acids is 3.